The molecule has 2 aliphatic heterocycles. The molecule has 0 radical (unpaired) electrons. The van der Waals surface area contributed by atoms with Gasteiger partial charge in [-0.25, -0.2) is 0 Å². The standard InChI is InChI=1S/C20H29N3O3/c1-16(24)23-14-17-6-2-3-7-18(17)26-20(15-23)9-5-12-22(13-10-20)19(25)8-4-11-21/h2-3,6-7H,4-5,8-15,21H2,1H3. The Balaban J connectivity index is 1.79. The summed E-state index contributed by atoms with van der Waals surface area (Å²) in [5.41, 5.74) is 6.14. The number of likely N-dealkylation sites (tertiary alicyclic amines) is 1. The third-order valence-corrected chi connectivity index (χ3v) is 5.43. The summed E-state index contributed by atoms with van der Waals surface area (Å²) in [4.78, 5) is 28.3. The minimum Gasteiger partial charge on any atom is -0.485 e. The summed E-state index contributed by atoms with van der Waals surface area (Å²) in [5.74, 6) is 1.09. The number of carbonyl (C=O) groups is 2. The second-order valence-electron chi connectivity index (χ2n) is 7.39. The number of carbonyl (C=O) groups excluding carboxylic acids is 2. The minimum atomic E-state index is -0.429. The molecule has 1 fully saturated rings. The number of benzene rings is 1. The van der Waals surface area contributed by atoms with E-state index in [4.69, 9.17) is 10.5 Å². The lowest BCUT2D eigenvalue weighted by molar-refractivity contribution is -0.133. The summed E-state index contributed by atoms with van der Waals surface area (Å²) >= 11 is 0. The maximum absolute atomic E-state index is 12.4. The maximum atomic E-state index is 12.4. The Kier molecular flexibility index (Phi) is 5.81. The minimum absolute atomic E-state index is 0.0600. The summed E-state index contributed by atoms with van der Waals surface area (Å²) < 4.78 is 6.50. The summed E-state index contributed by atoms with van der Waals surface area (Å²) in [6, 6.07) is 7.94. The van der Waals surface area contributed by atoms with E-state index in [0.717, 1.165) is 43.5 Å². The highest BCUT2D eigenvalue weighted by Crippen LogP contribution is 2.35. The Labute approximate surface area is 155 Å². The second-order valence-corrected chi connectivity index (χ2v) is 7.39. The van der Waals surface area contributed by atoms with Crippen molar-refractivity contribution in [3.05, 3.63) is 29.8 Å². The van der Waals surface area contributed by atoms with Crippen LogP contribution in [0.2, 0.25) is 0 Å². The molecule has 1 unspecified atom stereocenters. The van der Waals surface area contributed by atoms with Crippen LogP contribution in [0.1, 0.15) is 44.6 Å². The first-order valence-electron chi connectivity index (χ1n) is 9.53. The lowest BCUT2D eigenvalue weighted by Gasteiger charge is -2.35. The third-order valence-electron chi connectivity index (χ3n) is 5.43. The van der Waals surface area contributed by atoms with E-state index in [1.807, 2.05) is 34.1 Å². The molecule has 2 amide bonds. The first-order chi connectivity index (χ1) is 12.5. The van der Waals surface area contributed by atoms with Crippen molar-refractivity contribution in [2.75, 3.05) is 26.2 Å². The normalized spacial score (nSPS) is 23.0. The first-order valence-corrected chi connectivity index (χ1v) is 9.53. The summed E-state index contributed by atoms with van der Waals surface area (Å²) in [6.07, 6.45) is 3.68. The predicted molar refractivity (Wildman–Crippen MR) is 99.6 cm³/mol. The van der Waals surface area contributed by atoms with Crippen LogP contribution < -0.4 is 10.5 Å². The Hall–Kier alpha value is -2.08. The van der Waals surface area contributed by atoms with Crippen molar-refractivity contribution in [1.82, 2.24) is 9.80 Å². The molecular weight excluding hydrogens is 330 g/mol. The van der Waals surface area contributed by atoms with Crippen molar-refractivity contribution in [3.63, 3.8) is 0 Å². The van der Waals surface area contributed by atoms with Crippen LogP contribution in [0.5, 0.6) is 5.75 Å². The Bertz CT molecular complexity index is 663. The molecule has 0 saturated carbocycles. The van der Waals surface area contributed by atoms with Crippen molar-refractivity contribution >= 4 is 11.8 Å². The zero-order valence-corrected chi connectivity index (χ0v) is 15.6. The van der Waals surface area contributed by atoms with Crippen LogP contribution in [0.15, 0.2) is 24.3 Å². The van der Waals surface area contributed by atoms with E-state index in [-0.39, 0.29) is 11.8 Å². The molecule has 2 N–H and O–H groups in total. The highest BCUT2D eigenvalue weighted by atomic mass is 16.5. The van der Waals surface area contributed by atoms with Gasteiger partial charge in [-0.15, -0.1) is 0 Å². The van der Waals surface area contributed by atoms with E-state index in [9.17, 15) is 9.59 Å². The number of hydrogen-bond acceptors (Lipinski definition) is 4. The number of rotatable bonds is 3. The molecule has 0 aliphatic carbocycles. The zero-order chi connectivity index (χ0) is 18.6. The molecule has 1 aromatic carbocycles. The largest absolute Gasteiger partial charge is 0.485 e. The van der Waals surface area contributed by atoms with E-state index in [1.165, 1.54) is 0 Å². The highest BCUT2D eigenvalue weighted by molar-refractivity contribution is 5.76. The van der Waals surface area contributed by atoms with Gasteiger partial charge in [0, 0.05) is 45.0 Å². The average Bonchev–Trinajstić information content (AvgIpc) is 2.93. The fourth-order valence-corrected chi connectivity index (χ4v) is 3.92. The van der Waals surface area contributed by atoms with Crippen LogP contribution in [0.3, 0.4) is 0 Å². The van der Waals surface area contributed by atoms with Crippen molar-refractivity contribution in [1.29, 1.82) is 0 Å². The average molecular weight is 359 g/mol. The molecule has 26 heavy (non-hydrogen) atoms. The number of hydrogen-bond donors (Lipinski definition) is 1. The van der Waals surface area contributed by atoms with Gasteiger partial charge in [0.1, 0.15) is 11.4 Å². The van der Waals surface area contributed by atoms with Crippen LogP contribution in [-0.4, -0.2) is 53.4 Å². The summed E-state index contributed by atoms with van der Waals surface area (Å²) in [7, 11) is 0. The van der Waals surface area contributed by atoms with Crippen molar-refractivity contribution in [2.45, 2.75) is 51.2 Å². The molecule has 142 valence electrons. The lowest BCUT2D eigenvalue weighted by Crippen LogP contribution is -2.47. The SMILES string of the molecule is CC(=O)N1Cc2ccccc2OC2(CCCN(C(=O)CCCN)CC2)C1. The highest BCUT2D eigenvalue weighted by Gasteiger charge is 2.40. The molecule has 3 rings (SSSR count). The number of nitrogens with two attached hydrogens (primary N) is 1. The smallest absolute Gasteiger partial charge is 0.222 e. The Morgan fingerprint density at radius 3 is 2.77 bits per heavy atom. The van der Waals surface area contributed by atoms with E-state index >= 15 is 0 Å². The van der Waals surface area contributed by atoms with Gasteiger partial charge in [-0.1, -0.05) is 18.2 Å². The molecule has 1 aromatic rings. The Morgan fingerprint density at radius 2 is 2.00 bits per heavy atom. The summed E-state index contributed by atoms with van der Waals surface area (Å²) in [6.45, 7) is 4.71. The van der Waals surface area contributed by atoms with Gasteiger partial charge in [-0.2, -0.15) is 0 Å². The zero-order valence-electron chi connectivity index (χ0n) is 15.6. The molecule has 1 atom stereocenters. The third kappa shape index (κ3) is 4.18. The monoisotopic (exact) mass is 359 g/mol. The van der Waals surface area contributed by atoms with Crippen LogP contribution in [0, 0.1) is 0 Å². The number of ether oxygens (including phenoxy) is 1. The Morgan fingerprint density at radius 1 is 1.19 bits per heavy atom. The number of amides is 2. The predicted octanol–water partition coefficient (Wildman–Crippen LogP) is 1.92. The van der Waals surface area contributed by atoms with Gasteiger partial charge in [-0.05, 0) is 31.9 Å². The van der Waals surface area contributed by atoms with Crippen molar-refractivity contribution < 1.29 is 14.3 Å². The quantitative estimate of drug-likeness (QED) is 0.895. The fourth-order valence-electron chi connectivity index (χ4n) is 3.92. The number of fused-ring (bicyclic) bond motifs is 1. The molecule has 2 heterocycles. The van der Waals surface area contributed by atoms with Gasteiger partial charge in [0.25, 0.3) is 0 Å². The maximum Gasteiger partial charge on any atom is 0.222 e. The molecular formula is C20H29N3O3. The van der Waals surface area contributed by atoms with Crippen molar-refractivity contribution in [2.24, 2.45) is 5.73 Å². The fraction of sp³-hybridized carbons (Fsp3) is 0.600. The molecule has 1 spiro atoms. The number of nitrogens with zero attached hydrogens (tertiary/aromatic N) is 2. The van der Waals surface area contributed by atoms with E-state index in [2.05, 4.69) is 0 Å². The van der Waals surface area contributed by atoms with Crippen LogP contribution in [0.25, 0.3) is 0 Å². The molecule has 2 aliphatic rings. The van der Waals surface area contributed by atoms with Crippen LogP contribution >= 0.6 is 0 Å². The lowest BCUT2D eigenvalue weighted by atomic mass is 9.93. The topological polar surface area (TPSA) is 75.9 Å². The van der Waals surface area contributed by atoms with Gasteiger partial charge in [0.15, 0.2) is 0 Å². The van der Waals surface area contributed by atoms with E-state index in [0.29, 0.717) is 32.6 Å². The molecule has 6 nitrogen and oxygen atoms in total. The van der Waals surface area contributed by atoms with Gasteiger partial charge in [-0.3, -0.25) is 9.59 Å². The van der Waals surface area contributed by atoms with Gasteiger partial charge in [0.2, 0.25) is 11.8 Å². The van der Waals surface area contributed by atoms with Gasteiger partial charge >= 0.3 is 0 Å². The van der Waals surface area contributed by atoms with Crippen LogP contribution in [-0.2, 0) is 16.1 Å². The van der Waals surface area contributed by atoms with E-state index in [1.54, 1.807) is 6.92 Å². The second kappa shape index (κ2) is 8.08. The molecule has 6 heteroatoms. The van der Waals surface area contributed by atoms with Gasteiger partial charge in [0.05, 0.1) is 6.54 Å². The van der Waals surface area contributed by atoms with Gasteiger partial charge < -0.3 is 20.3 Å². The molecule has 0 bridgehead atoms. The van der Waals surface area contributed by atoms with Crippen molar-refractivity contribution in [3.8, 4) is 5.75 Å². The summed E-state index contributed by atoms with van der Waals surface area (Å²) in [5, 5.41) is 0. The first kappa shape index (κ1) is 18.7. The van der Waals surface area contributed by atoms with Crippen LogP contribution in [0.4, 0.5) is 0 Å². The molecule has 1 saturated heterocycles. The number of para-hydroxylation sites is 1. The van der Waals surface area contributed by atoms with E-state index < -0.39 is 5.60 Å². The molecule has 0 aromatic heterocycles.